The number of benzene rings is 1. The largest absolute Gasteiger partial charge is 0.398 e. The number of carbonyl (C=O) groups excluding carboxylic acids is 1. The number of amides is 1. The van der Waals surface area contributed by atoms with Gasteiger partial charge in [-0.3, -0.25) is 4.79 Å². The van der Waals surface area contributed by atoms with Crippen molar-refractivity contribution in [3.05, 3.63) is 41.5 Å². The Morgan fingerprint density at radius 2 is 2.00 bits per heavy atom. The van der Waals surface area contributed by atoms with E-state index < -0.39 is 0 Å². The fourth-order valence-electron chi connectivity index (χ4n) is 1.76. The van der Waals surface area contributed by atoms with E-state index >= 15 is 0 Å². The maximum absolute atomic E-state index is 11.7. The van der Waals surface area contributed by atoms with Gasteiger partial charge in [0.2, 0.25) is 0 Å². The molecule has 2 N–H and O–H groups in total. The molecule has 78 valence electrons. The molecule has 0 atom stereocenters. The number of carbonyl (C=O) groups is 1. The van der Waals surface area contributed by atoms with E-state index in [0.717, 1.165) is 24.1 Å². The van der Waals surface area contributed by atoms with Gasteiger partial charge in [-0.05, 0) is 12.0 Å². The fourth-order valence-corrected chi connectivity index (χ4v) is 1.76. The molecule has 0 spiro atoms. The predicted octanol–water partition coefficient (Wildman–Crippen LogP) is 1.22. The third-order valence-electron chi connectivity index (χ3n) is 2.71. The van der Waals surface area contributed by atoms with Gasteiger partial charge in [-0.15, -0.1) is 0 Å². The molecule has 1 aliphatic heterocycles. The second-order valence-corrected chi connectivity index (χ2v) is 3.73. The summed E-state index contributed by atoms with van der Waals surface area (Å²) < 4.78 is 0. The highest BCUT2D eigenvalue weighted by molar-refractivity contribution is 6.02. The molecule has 0 radical (unpaired) electrons. The molecule has 2 rings (SSSR count). The first-order valence-corrected chi connectivity index (χ1v) is 4.99. The maximum atomic E-state index is 11.7. The van der Waals surface area contributed by atoms with Gasteiger partial charge in [-0.2, -0.15) is 0 Å². The van der Waals surface area contributed by atoms with E-state index in [0.29, 0.717) is 5.70 Å². The summed E-state index contributed by atoms with van der Waals surface area (Å²) in [4.78, 5) is 13.4. The Morgan fingerprint density at radius 1 is 1.33 bits per heavy atom. The highest BCUT2D eigenvalue weighted by atomic mass is 16.2. The van der Waals surface area contributed by atoms with Crippen LogP contribution < -0.4 is 5.73 Å². The van der Waals surface area contributed by atoms with Crippen molar-refractivity contribution in [2.75, 3.05) is 13.6 Å². The lowest BCUT2D eigenvalue weighted by Crippen LogP contribution is -2.20. The number of likely N-dealkylation sites (N-methyl/N-ethyl adjacent to an activating group) is 1. The Labute approximate surface area is 89.2 Å². The van der Waals surface area contributed by atoms with Crippen LogP contribution in [0.1, 0.15) is 12.0 Å². The van der Waals surface area contributed by atoms with Crippen LogP contribution >= 0.6 is 0 Å². The van der Waals surface area contributed by atoms with E-state index in [1.54, 1.807) is 11.9 Å². The van der Waals surface area contributed by atoms with Crippen molar-refractivity contribution in [2.24, 2.45) is 5.73 Å². The van der Waals surface area contributed by atoms with E-state index in [2.05, 4.69) is 0 Å². The van der Waals surface area contributed by atoms with Crippen LogP contribution in [-0.4, -0.2) is 24.4 Å². The first kappa shape index (κ1) is 9.77. The van der Waals surface area contributed by atoms with Gasteiger partial charge >= 0.3 is 0 Å². The molecule has 0 aromatic heterocycles. The summed E-state index contributed by atoms with van der Waals surface area (Å²) >= 11 is 0. The summed E-state index contributed by atoms with van der Waals surface area (Å²) in [6.07, 6.45) is 0.746. The number of nitrogens with zero attached hydrogens (tertiary/aromatic N) is 1. The number of nitrogens with two attached hydrogens (primary N) is 1. The molecule has 3 heteroatoms. The van der Waals surface area contributed by atoms with Gasteiger partial charge in [-0.25, -0.2) is 0 Å². The molecule has 1 fully saturated rings. The van der Waals surface area contributed by atoms with Crippen molar-refractivity contribution in [1.82, 2.24) is 4.90 Å². The van der Waals surface area contributed by atoms with E-state index in [9.17, 15) is 4.79 Å². The van der Waals surface area contributed by atoms with Gasteiger partial charge in [0, 0.05) is 24.9 Å². The first-order chi connectivity index (χ1) is 7.20. The number of hydrogen-bond donors (Lipinski definition) is 1. The third-order valence-corrected chi connectivity index (χ3v) is 2.71. The molecular formula is C12H14N2O. The van der Waals surface area contributed by atoms with Gasteiger partial charge in [-0.1, -0.05) is 30.3 Å². The van der Waals surface area contributed by atoms with Crippen LogP contribution in [0, 0.1) is 0 Å². The Morgan fingerprint density at radius 3 is 2.53 bits per heavy atom. The maximum Gasteiger partial charge on any atom is 0.251 e. The van der Waals surface area contributed by atoms with Crippen molar-refractivity contribution >= 4 is 11.6 Å². The van der Waals surface area contributed by atoms with Crippen LogP contribution in [-0.2, 0) is 4.79 Å². The van der Waals surface area contributed by atoms with Gasteiger partial charge in [0.25, 0.3) is 5.91 Å². The first-order valence-electron chi connectivity index (χ1n) is 4.99. The molecule has 0 saturated carbocycles. The van der Waals surface area contributed by atoms with Crippen molar-refractivity contribution in [2.45, 2.75) is 6.42 Å². The zero-order valence-corrected chi connectivity index (χ0v) is 8.73. The minimum absolute atomic E-state index is 0.0522. The van der Waals surface area contributed by atoms with Gasteiger partial charge in [0.15, 0.2) is 0 Å². The monoisotopic (exact) mass is 202 g/mol. The zero-order chi connectivity index (χ0) is 10.8. The quantitative estimate of drug-likeness (QED) is 0.696. The zero-order valence-electron chi connectivity index (χ0n) is 8.73. The number of rotatable bonds is 1. The fraction of sp³-hybridized carbons (Fsp3) is 0.250. The second kappa shape index (κ2) is 3.77. The standard InChI is InChI=1S/C12H14N2O/c1-14-8-7-10(12(14)15)11(13)9-5-3-2-4-6-9/h2-6H,7-8,13H2,1H3/b11-10+. The van der Waals surface area contributed by atoms with Gasteiger partial charge in [0.1, 0.15) is 0 Å². The normalized spacial score (nSPS) is 19.5. The summed E-state index contributed by atoms with van der Waals surface area (Å²) in [6, 6.07) is 9.63. The van der Waals surface area contributed by atoms with E-state index in [-0.39, 0.29) is 5.91 Å². The van der Waals surface area contributed by atoms with Crippen molar-refractivity contribution in [1.29, 1.82) is 0 Å². The lowest BCUT2D eigenvalue weighted by atomic mass is 10.1. The van der Waals surface area contributed by atoms with E-state index in [1.165, 1.54) is 0 Å². The lowest BCUT2D eigenvalue weighted by Gasteiger charge is -2.07. The Bertz CT molecular complexity index is 409. The van der Waals surface area contributed by atoms with E-state index in [4.69, 9.17) is 5.73 Å². The van der Waals surface area contributed by atoms with Gasteiger partial charge < -0.3 is 10.6 Å². The molecule has 1 aromatic rings. The molecule has 0 bridgehead atoms. The summed E-state index contributed by atoms with van der Waals surface area (Å²) in [5.41, 5.74) is 8.27. The van der Waals surface area contributed by atoms with Crippen LogP contribution in [0.4, 0.5) is 0 Å². The third kappa shape index (κ3) is 1.73. The molecular weight excluding hydrogens is 188 g/mol. The highest BCUT2D eigenvalue weighted by Gasteiger charge is 2.25. The Kier molecular flexibility index (Phi) is 2.46. The molecule has 1 amide bonds. The van der Waals surface area contributed by atoms with Crippen LogP contribution in [0.15, 0.2) is 35.9 Å². The van der Waals surface area contributed by atoms with Crippen LogP contribution in [0.5, 0.6) is 0 Å². The second-order valence-electron chi connectivity index (χ2n) is 3.73. The molecule has 0 unspecified atom stereocenters. The SMILES string of the molecule is CN1CC/C(=C(\N)c2ccccc2)C1=O. The summed E-state index contributed by atoms with van der Waals surface area (Å²) in [5, 5.41) is 0. The molecule has 1 heterocycles. The predicted molar refractivity (Wildman–Crippen MR) is 59.8 cm³/mol. The van der Waals surface area contributed by atoms with Crippen LogP contribution in [0.3, 0.4) is 0 Å². The average molecular weight is 202 g/mol. The van der Waals surface area contributed by atoms with Crippen molar-refractivity contribution in [3.8, 4) is 0 Å². The van der Waals surface area contributed by atoms with Crippen LogP contribution in [0.2, 0.25) is 0 Å². The topological polar surface area (TPSA) is 46.3 Å². The van der Waals surface area contributed by atoms with Gasteiger partial charge in [0.05, 0.1) is 0 Å². The summed E-state index contributed by atoms with van der Waals surface area (Å²) in [6.45, 7) is 0.766. The number of hydrogen-bond acceptors (Lipinski definition) is 2. The molecule has 15 heavy (non-hydrogen) atoms. The molecule has 0 aliphatic carbocycles. The average Bonchev–Trinajstić information content (AvgIpc) is 2.60. The Hall–Kier alpha value is -1.77. The van der Waals surface area contributed by atoms with E-state index in [1.807, 2.05) is 30.3 Å². The molecule has 1 saturated heterocycles. The van der Waals surface area contributed by atoms with Crippen molar-refractivity contribution < 1.29 is 4.79 Å². The minimum atomic E-state index is 0.0522. The number of likely N-dealkylation sites (tertiary alicyclic amines) is 1. The smallest absolute Gasteiger partial charge is 0.251 e. The highest BCUT2D eigenvalue weighted by Crippen LogP contribution is 2.22. The van der Waals surface area contributed by atoms with Crippen LogP contribution in [0.25, 0.3) is 5.70 Å². The summed E-state index contributed by atoms with van der Waals surface area (Å²) in [5.74, 6) is 0.0522. The Balaban J connectivity index is 2.39. The molecule has 1 aliphatic rings. The van der Waals surface area contributed by atoms with Crippen molar-refractivity contribution in [3.63, 3.8) is 0 Å². The lowest BCUT2D eigenvalue weighted by molar-refractivity contribution is -0.123. The molecule has 1 aromatic carbocycles. The molecule has 3 nitrogen and oxygen atoms in total. The minimum Gasteiger partial charge on any atom is -0.398 e. The summed E-state index contributed by atoms with van der Waals surface area (Å²) in [7, 11) is 1.80.